The highest BCUT2D eigenvalue weighted by atomic mass is 28.4. The van der Waals surface area contributed by atoms with Crippen LogP contribution in [0.1, 0.15) is 12.0 Å². The highest BCUT2D eigenvalue weighted by molar-refractivity contribution is 6.85. The minimum Gasteiger partial charge on any atom is -0.455 e. The van der Waals surface area contributed by atoms with E-state index in [0.29, 0.717) is 18.8 Å². The van der Waals surface area contributed by atoms with E-state index >= 15 is 0 Å². The van der Waals surface area contributed by atoms with Crippen molar-refractivity contribution in [2.45, 2.75) is 63.0 Å². The number of benzene rings is 1. The smallest absolute Gasteiger partial charge is 0.177 e. The van der Waals surface area contributed by atoms with Crippen LogP contribution in [0.5, 0.6) is 0 Å². The van der Waals surface area contributed by atoms with E-state index in [4.69, 9.17) is 13.6 Å². The summed E-state index contributed by atoms with van der Waals surface area (Å²) in [6, 6.07) is 10.2. The first kappa shape index (κ1) is 19.3. The molecule has 1 aromatic carbocycles. The molecule has 2 fully saturated rings. The van der Waals surface area contributed by atoms with Crippen molar-refractivity contribution in [1.82, 2.24) is 0 Å². The van der Waals surface area contributed by atoms with Gasteiger partial charge in [-0.3, -0.25) is 0 Å². The molecule has 1 aliphatic carbocycles. The highest BCUT2D eigenvalue weighted by Gasteiger charge is 2.71. The Labute approximate surface area is 153 Å². The van der Waals surface area contributed by atoms with Crippen molar-refractivity contribution in [2.75, 3.05) is 13.2 Å². The van der Waals surface area contributed by atoms with Crippen LogP contribution in [-0.2, 0) is 20.2 Å². The van der Waals surface area contributed by atoms with Crippen LogP contribution in [-0.4, -0.2) is 46.7 Å². The molecule has 0 unspecified atom stereocenters. The Morgan fingerprint density at radius 3 is 2.44 bits per heavy atom. The molecule has 4 atom stereocenters. The van der Waals surface area contributed by atoms with Crippen LogP contribution < -0.4 is 0 Å². The number of hydrogen-bond donors (Lipinski definition) is 1. The predicted molar refractivity (Wildman–Crippen MR) is 105 cm³/mol. The van der Waals surface area contributed by atoms with Gasteiger partial charge in [-0.25, -0.2) is 0 Å². The van der Waals surface area contributed by atoms with Crippen molar-refractivity contribution in [2.24, 2.45) is 5.92 Å². The number of epoxide rings is 1. The van der Waals surface area contributed by atoms with Gasteiger partial charge in [-0.2, -0.15) is 0 Å². The summed E-state index contributed by atoms with van der Waals surface area (Å²) in [7, 11) is -3.48. The molecular formula is C19H32O4Si2. The second-order valence-corrected chi connectivity index (χ2v) is 18.0. The Bertz CT molecular complexity index is 583. The summed E-state index contributed by atoms with van der Waals surface area (Å²) in [4.78, 5) is 0. The lowest BCUT2D eigenvalue weighted by Crippen LogP contribution is -2.49. The van der Waals surface area contributed by atoms with Crippen molar-refractivity contribution in [1.29, 1.82) is 0 Å². The van der Waals surface area contributed by atoms with E-state index in [2.05, 4.69) is 44.9 Å². The first-order valence-corrected chi connectivity index (χ1v) is 15.7. The molecule has 0 amide bonds. The predicted octanol–water partition coefficient (Wildman–Crippen LogP) is 3.78. The van der Waals surface area contributed by atoms with Crippen LogP contribution >= 0.6 is 0 Å². The van der Waals surface area contributed by atoms with Gasteiger partial charge in [-0.1, -0.05) is 30.3 Å². The van der Waals surface area contributed by atoms with Gasteiger partial charge < -0.3 is 18.7 Å². The largest absolute Gasteiger partial charge is 0.455 e. The zero-order chi connectivity index (χ0) is 18.3. The molecule has 1 saturated carbocycles. The number of hydrogen-bond acceptors (Lipinski definition) is 4. The van der Waals surface area contributed by atoms with E-state index < -0.39 is 16.6 Å². The fraction of sp³-hybridized carbons (Fsp3) is 0.684. The van der Waals surface area contributed by atoms with Gasteiger partial charge in [0.2, 0.25) is 0 Å². The number of aliphatic hydroxyl groups excluding tert-OH is 1. The molecule has 2 aliphatic rings. The van der Waals surface area contributed by atoms with Crippen LogP contribution in [0, 0.1) is 5.92 Å². The average Bonchev–Trinajstić information content (AvgIpc) is 3.15. The van der Waals surface area contributed by atoms with E-state index in [1.54, 1.807) is 0 Å². The zero-order valence-corrected chi connectivity index (χ0v) is 18.1. The highest BCUT2D eigenvalue weighted by Crippen LogP contribution is 2.61. The first-order chi connectivity index (χ1) is 11.7. The van der Waals surface area contributed by atoms with Crippen molar-refractivity contribution < 1.29 is 18.7 Å². The summed E-state index contributed by atoms with van der Waals surface area (Å²) >= 11 is 0. The summed E-state index contributed by atoms with van der Waals surface area (Å²) in [6.45, 7) is 12.8. The van der Waals surface area contributed by atoms with E-state index in [9.17, 15) is 5.11 Å². The Kier molecular flexibility index (Phi) is 5.32. The minimum absolute atomic E-state index is 0.0883. The zero-order valence-electron chi connectivity index (χ0n) is 16.1. The van der Waals surface area contributed by atoms with Gasteiger partial charge in [0, 0.05) is 5.92 Å². The molecule has 3 rings (SSSR count). The topological polar surface area (TPSA) is 51.2 Å². The maximum Gasteiger partial charge on any atom is 0.177 e. The monoisotopic (exact) mass is 380 g/mol. The second kappa shape index (κ2) is 6.90. The number of ether oxygens (including phenoxy) is 2. The molecule has 0 spiro atoms. The van der Waals surface area contributed by atoms with Crippen LogP contribution in [0.3, 0.4) is 0 Å². The van der Waals surface area contributed by atoms with Gasteiger partial charge in [0.1, 0.15) is 5.60 Å². The molecule has 1 heterocycles. The third-order valence-electron chi connectivity index (χ3n) is 5.55. The first-order valence-electron chi connectivity index (χ1n) is 9.28. The normalized spacial score (nSPS) is 31.8. The summed E-state index contributed by atoms with van der Waals surface area (Å²) in [5, 5.41) is 9.97. The molecule has 25 heavy (non-hydrogen) atoms. The lowest BCUT2D eigenvalue weighted by Gasteiger charge is -2.40. The Morgan fingerprint density at radius 2 is 1.84 bits per heavy atom. The van der Waals surface area contributed by atoms with Crippen LogP contribution in [0.15, 0.2) is 30.3 Å². The molecule has 0 bridgehead atoms. The molecule has 0 radical (unpaired) electrons. The van der Waals surface area contributed by atoms with E-state index in [1.165, 1.54) is 5.56 Å². The molecule has 1 N–H and O–H groups in total. The van der Waals surface area contributed by atoms with Crippen LogP contribution in [0.25, 0.3) is 0 Å². The lowest BCUT2D eigenvalue weighted by molar-refractivity contribution is 0.0265. The van der Waals surface area contributed by atoms with Gasteiger partial charge in [0.15, 0.2) is 16.6 Å². The van der Waals surface area contributed by atoms with Gasteiger partial charge >= 0.3 is 0 Å². The van der Waals surface area contributed by atoms with Crippen molar-refractivity contribution in [3.8, 4) is 0 Å². The fourth-order valence-corrected chi connectivity index (χ4v) is 13.6. The molecule has 1 saturated heterocycles. The van der Waals surface area contributed by atoms with E-state index in [-0.39, 0.29) is 24.2 Å². The minimum atomic E-state index is -1.88. The van der Waals surface area contributed by atoms with Gasteiger partial charge in [-0.15, -0.1) is 0 Å². The van der Waals surface area contributed by atoms with Crippen molar-refractivity contribution in [3.05, 3.63) is 35.9 Å². The summed E-state index contributed by atoms with van der Waals surface area (Å²) in [6.07, 6.45) is 1.19. The summed E-state index contributed by atoms with van der Waals surface area (Å²) in [5.41, 5.74) is 1.27. The quantitative estimate of drug-likeness (QED) is 0.551. The average molecular weight is 381 g/mol. The molecule has 1 aliphatic heterocycles. The Morgan fingerprint density at radius 1 is 1.16 bits per heavy atom. The van der Waals surface area contributed by atoms with E-state index in [0.717, 1.165) is 6.42 Å². The number of aliphatic hydroxyl groups is 1. The van der Waals surface area contributed by atoms with Gasteiger partial charge in [-0.05, 0) is 50.3 Å². The summed E-state index contributed by atoms with van der Waals surface area (Å²) < 4.78 is 18.6. The molecule has 6 heteroatoms. The third-order valence-corrected chi connectivity index (χ3v) is 12.5. The molecule has 140 valence electrons. The number of rotatable bonds is 8. The second-order valence-electron chi connectivity index (χ2n) is 8.99. The summed E-state index contributed by atoms with van der Waals surface area (Å²) in [5.74, 6) is 0.226. The van der Waals surface area contributed by atoms with Gasteiger partial charge in [0.05, 0.1) is 25.9 Å². The maximum absolute atomic E-state index is 9.97. The van der Waals surface area contributed by atoms with Crippen molar-refractivity contribution >= 4 is 16.6 Å². The molecule has 0 aromatic heterocycles. The standard InChI is InChI=1S/C19H32O4Si2/c1-24(2,3)23-25(4,5)17-11-18-19(14-20,22-18)16(17)13-21-12-15-9-7-6-8-10-15/h6-10,16-18,20H,11-14H2,1-5H3/t16-,17+,18-,19+/m1/s1. The van der Waals surface area contributed by atoms with Crippen molar-refractivity contribution in [3.63, 3.8) is 0 Å². The number of fused-ring (bicyclic) bond motifs is 1. The van der Waals surface area contributed by atoms with Crippen LogP contribution in [0.2, 0.25) is 38.3 Å². The van der Waals surface area contributed by atoms with Crippen LogP contribution in [0.4, 0.5) is 0 Å². The Hall–Kier alpha value is -0.506. The Balaban J connectivity index is 1.68. The third kappa shape index (κ3) is 4.09. The maximum atomic E-state index is 9.97. The molecular weight excluding hydrogens is 348 g/mol. The lowest BCUT2D eigenvalue weighted by atomic mass is 9.96. The van der Waals surface area contributed by atoms with E-state index in [1.807, 2.05) is 18.2 Å². The SMILES string of the molecule is C[Si](C)(C)O[Si](C)(C)[C@H]1C[C@H]2O[C@@]2(CO)[C@@H]1COCc1ccccc1. The van der Waals surface area contributed by atoms with Gasteiger partial charge in [0.25, 0.3) is 0 Å². The molecule has 1 aromatic rings. The molecule has 4 nitrogen and oxygen atoms in total. The fourth-order valence-electron chi connectivity index (χ4n) is 4.56.